The van der Waals surface area contributed by atoms with Crippen LogP contribution in [0.4, 0.5) is 4.39 Å². The molecule has 0 aliphatic heterocycles. The predicted octanol–water partition coefficient (Wildman–Crippen LogP) is 3.43. The summed E-state index contributed by atoms with van der Waals surface area (Å²) >= 11 is 3.28. The highest BCUT2D eigenvalue weighted by atomic mass is 79.9. The number of rotatable bonds is 7. The van der Waals surface area contributed by atoms with Crippen LogP contribution in [0.1, 0.15) is 25.8 Å². The van der Waals surface area contributed by atoms with Crippen molar-refractivity contribution in [3.05, 3.63) is 34.1 Å². The van der Waals surface area contributed by atoms with Gasteiger partial charge in [-0.05, 0) is 36.9 Å². The summed E-state index contributed by atoms with van der Waals surface area (Å²) in [5, 5.41) is 0. The Kier molecular flexibility index (Phi) is 6.50. The lowest BCUT2D eigenvalue weighted by molar-refractivity contribution is -0.118. The van der Waals surface area contributed by atoms with Crippen molar-refractivity contribution in [2.75, 3.05) is 19.6 Å². The highest BCUT2D eigenvalue weighted by Gasteiger charge is 2.10. The zero-order chi connectivity index (χ0) is 13.5. The fourth-order valence-electron chi connectivity index (χ4n) is 1.80. The molecule has 0 radical (unpaired) electrons. The lowest BCUT2D eigenvalue weighted by Gasteiger charge is -2.17. The van der Waals surface area contributed by atoms with Crippen LogP contribution in [0.2, 0.25) is 0 Å². The maximum Gasteiger partial charge on any atom is 0.138 e. The molecular weight excluding hydrogens is 297 g/mol. The fraction of sp³-hybridized carbons (Fsp3) is 0.500. The summed E-state index contributed by atoms with van der Waals surface area (Å²) in [5.41, 5.74) is 0.467. The third-order valence-corrected chi connectivity index (χ3v) is 3.49. The van der Waals surface area contributed by atoms with Crippen molar-refractivity contribution in [1.82, 2.24) is 4.90 Å². The van der Waals surface area contributed by atoms with Crippen LogP contribution in [-0.2, 0) is 11.2 Å². The molecule has 2 nitrogen and oxygen atoms in total. The van der Waals surface area contributed by atoms with E-state index in [4.69, 9.17) is 0 Å². The molecule has 100 valence electrons. The van der Waals surface area contributed by atoms with Crippen molar-refractivity contribution >= 4 is 21.7 Å². The SMILES string of the molecule is CCN(CC)CCC(=O)Cc1cc(Br)ccc1F. The lowest BCUT2D eigenvalue weighted by Crippen LogP contribution is -2.26. The van der Waals surface area contributed by atoms with E-state index in [1.165, 1.54) is 6.07 Å². The molecule has 0 aliphatic rings. The first-order chi connectivity index (χ1) is 8.56. The molecule has 1 aromatic rings. The summed E-state index contributed by atoms with van der Waals surface area (Å²) in [6.45, 7) is 6.77. The van der Waals surface area contributed by atoms with Gasteiger partial charge in [0.2, 0.25) is 0 Å². The molecule has 0 N–H and O–H groups in total. The van der Waals surface area contributed by atoms with Gasteiger partial charge in [0.05, 0.1) is 0 Å². The molecule has 0 amide bonds. The van der Waals surface area contributed by atoms with Crippen molar-refractivity contribution in [3.63, 3.8) is 0 Å². The van der Waals surface area contributed by atoms with Crippen molar-refractivity contribution in [1.29, 1.82) is 0 Å². The van der Waals surface area contributed by atoms with Crippen LogP contribution < -0.4 is 0 Å². The van der Waals surface area contributed by atoms with Gasteiger partial charge in [0.25, 0.3) is 0 Å². The molecule has 0 aromatic heterocycles. The van der Waals surface area contributed by atoms with Crippen molar-refractivity contribution in [2.45, 2.75) is 26.7 Å². The van der Waals surface area contributed by atoms with E-state index in [1.807, 2.05) is 0 Å². The van der Waals surface area contributed by atoms with Crippen LogP contribution in [-0.4, -0.2) is 30.3 Å². The van der Waals surface area contributed by atoms with Gasteiger partial charge in [-0.2, -0.15) is 0 Å². The first-order valence-electron chi connectivity index (χ1n) is 6.24. The Bertz CT molecular complexity index is 405. The molecule has 1 rings (SSSR count). The van der Waals surface area contributed by atoms with Crippen LogP contribution in [0.5, 0.6) is 0 Å². The molecule has 1 aromatic carbocycles. The number of Topliss-reactive ketones (excluding diaryl/α,β-unsaturated/α-hetero) is 1. The third-order valence-electron chi connectivity index (χ3n) is 3.00. The predicted molar refractivity (Wildman–Crippen MR) is 75.2 cm³/mol. The van der Waals surface area contributed by atoms with Gasteiger partial charge < -0.3 is 4.90 Å². The second kappa shape index (κ2) is 7.64. The highest BCUT2D eigenvalue weighted by molar-refractivity contribution is 9.10. The van der Waals surface area contributed by atoms with Gasteiger partial charge in [-0.1, -0.05) is 29.8 Å². The molecule has 0 fully saturated rings. The molecule has 0 spiro atoms. The van der Waals surface area contributed by atoms with Gasteiger partial charge in [0, 0.05) is 23.9 Å². The van der Waals surface area contributed by atoms with E-state index in [2.05, 4.69) is 34.7 Å². The van der Waals surface area contributed by atoms with Crippen molar-refractivity contribution < 1.29 is 9.18 Å². The Balaban J connectivity index is 2.51. The number of nitrogens with zero attached hydrogens (tertiary/aromatic N) is 1. The Hall–Kier alpha value is -0.740. The van der Waals surface area contributed by atoms with E-state index in [9.17, 15) is 9.18 Å². The molecule has 0 bridgehead atoms. The number of carbonyl (C=O) groups excluding carboxylic acids is 1. The normalized spacial score (nSPS) is 10.9. The summed E-state index contributed by atoms with van der Waals surface area (Å²) < 4.78 is 14.3. The average Bonchev–Trinajstić information content (AvgIpc) is 2.35. The smallest absolute Gasteiger partial charge is 0.138 e. The summed E-state index contributed by atoms with van der Waals surface area (Å²) in [4.78, 5) is 14.0. The zero-order valence-electron chi connectivity index (χ0n) is 10.9. The van der Waals surface area contributed by atoms with Gasteiger partial charge in [0.1, 0.15) is 11.6 Å². The van der Waals surface area contributed by atoms with Crippen LogP contribution >= 0.6 is 15.9 Å². The van der Waals surface area contributed by atoms with E-state index < -0.39 is 0 Å². The quantitative estimate of drug-likeness (QED) is 0.768. The van der Waals surface area contributed by atoms with Gasteiger partial charge in [-0.25, -0.2) is 4.39 Å². The zero-order valence-corrected chi connectivity index (χ0v) is 12.5. The minimum absolute atomic E-state index is 0.0823. The lowest BCUT2D eigenvalue weighted by atomic mass is 10.1. The second-order valence-electron chi connectivity index (χ2n) is 4.23. The maximum absolute atomic E-state index is 13.5. The first kappa shape index (κ1) is 15.3. The topological polar surface area (TPSA) is 20.3 Å². The molecule has 0 unspecified atom stereocenters. The molecule has 4 heteroatoms. The standard InChI is InChI=1S/C14H19BrFNO/c1-3-17(4-2)8-7-13(18)10-11-9-12(15)5-6-14(11)16/h5-6,9H,3-4,7-8,10H2,1-2H3. The van der Waals surface area contributed by atoms with E-state index in [-0.39, 0.29) is 18.0 Å². The molecular formula is C14H19BrFNO. The van der Waals surface area contributed by atoms with Gasteiger partial charge in [-0.15, -0.1) is 0 Å². The molecule has 0 atom stereocenters. The van der Waals surface area contributed by atoms with Gasteiger partial charge >= 0.3 is 0 Å². The number of halogens is 2. The van der Waals surface area contributed by atoms with Crippen LogP contribution in [0, 0.1) is 5.82 Å². The molecule has 0 saturated heterocycles. The first-order valence-corrected chi connectivity index (χ1v) is 7.04. The highest BCUT2D eigenvalue weighted by Crippen LogP contribution is 2.16. The molecule has 18 heavy (non-hydrogen) atoms. The van der Waals surface area contributed by atoms with Crippen LogP contribution in [0.15, 0.2) is 22.7 Å². The summed E-state index contributed by atoms with van der Waals surface area (Å²) in [5.74, 6) is -0.228. The van der Waals surface area contributed by atoms with Crippen molar-refractivity contribution in [2.24, 2.45) is 0 Å². The van der Waals surface area contributed by atoms with Crippen LogP contribution in [0.25, 0.3) is 0 Å². The maximum atomic E-state index is 13.5. The van der Waals surface area contributed by atoms with E-state index in [0.29, 0.717) is 12.0 Å². The monoisotopic (exact) mass is 315 g/mol. The van der Waals surface area contributed by atoms with Crippen LogP contribution in [0.3, 0.4) is 0 Å². The van der Waals surface area contributed by atoms with Gasteiger partial charge in [-0.3, -0.25) is 4.79 Å². The summed E-state index contributed by atoms with van der Waals surface area (Å²) in [7, 11) is 0. The van der Waals surface area contributed by atoms with Gasteiger partial charge in [0.15, 0.2) is 0 Å². The molecule has 0 heterocycles. The minimum Gasteiger partial charge on any atom is -0.303 e. The Morgan fingerprint density at radius 3 is 2.61 bits per heavy atom. The molecule has 0 saturated carbocycles. The average molecular weight is 316 g/mol. The third kappa shape index (κ3) is 4.86. The number of ketones is 1. The number of carbonyl (C=O) groups is 1. The fourth-order valence-corrected chi connectivity index (χ4v) is 2.21. The largest absolute Gasteiger partial charge is 0.303 e. The number of hydrogen-bond acceptors (Lipinski definition) is 2. The Morgan fingerprint density at radius 1 is 1.33 bits per heavy atom. The van der Waals surface area contributed by atoms with E-state index >= 15 is 0 Å². The second-order valence-corrected chi connectivity index (χ2v) is 5.14. The van der Waals surface area contributed by atoms with E-state index in [1.54, 1.807) is 12.1 Å². The summed E-state index contributed by atoms with van der Waals surface area (Å²) in [6.07, 6.45) is 0.653. The molecule has 0 aliphatic carbocycles. The Labute approximate surface area is 116 Å². The minimum atomic E-state index is -0.311. The van der Waals surface area contributed by atoms with Crippen molar-refractivity contribution in [3.8, 4) is 0 Å². The number of benzene rings is 1. The van der Waals surface area contributed by atoms with E-state index in [0.717, 1.165) is 24.1 Å². The summed E-state index contributed by atoms with van der Waals surface area (Å²) in [6, 6.07) is 4.70. The Morgan fingerprint density at radius 2 is 2.00 bits per heavy atom. The number of hydrogen-bond donors (Lipinski definition) is 0.